The van der Waals surface area contributed by atoms with Gasteiger partial charge >= 0.3 is 5.97 Å². The quantitative estimate of drug-likeness (QED) is 0.717. The summed E-state index contributed by atoms with van der Waals surface area (Å²) in [7, 11) is 0. The van der Waals surface area contributed by atoms with Crippen molar-refractivity contribution in [2.24, 2.45) is 0 Å². The Labute approximate surface area is 74.8 Å². The molecule has 0 unspecified atom stereocenters. The average molecular weight is 187 g/mol. The minimum atomic E-state index is -0.962. The van der Waals surface area contributed by atoms with Crippen LogP contribution in [0.4, 0.5) is 0 Å². The zero-order valence-electron chi connectivity index (χ0n) is 6.38. The van der Waals surface area contributed by atoms with E-state index in [0.717, 1.165) is 0 Å². The number of carbonyl (C=O) groups is 1. The molecule has 12 heavy (non-hydrogen) atoms. The SMILES string of the molecule is [NH3+]Cc1ccc(Cl)cc1C(=O)O. The number of hydrogen-bond donors (Lipinski definition) is 2. The molecule has 0 saturated carbocycles. The molecule has 4 heteroatoms. The lowest BCUT2D eigenvalue weighted by atomic mass is 10.1. The van der Waals surface area contributed by atoms with Gasteiger partial charge < -0.3 is 10.8 Å². The highest BCUT2D eigenvalue weighted by molar-refractivity contribution is 6.30. The number of aromatic carboxylic acids is 1. The first kappa shape index (κ1) is 9.03. The predicted octanol–water partition coefficient (Wildman–Crippen LogP) is 0.780. The van der Waals surface area contributed by atoms with Crippen LogP contribution in [-0.2, 0) is 6.54 Å². The zero-order chi connectivity index (χ0) is 9.14. The maximum atomic E-state index is 10.6. The van der Waals surface area contributed by atoms with Crippen LogP contribution >= 0.6 is 11.6 Å². The molecule has 1 rings (SSSR count). The Balaban J connectivity index is 3.21. The number of carboxylic acid groups (broad SMARTS) is 1. The summed E-state index contributed by atoms with van der Waals surface area (Å²) in [6.45, 7) is 0.457. The Bertz CT molecular complexity index is 312. The van der Waals surface area contributed by atoms with Crippen LogP contribution in [0.25, 0.3) is 0 Å². The van der Waals surface area contributed by atoms with Crippen molar-refractivity contribution in [2.75, 3.05) is 0 Å². The molecule has 0 atom stereocenters. The van der Waals surface area contributed by atoms with Crippen molar-refractivity contribution in [1.82, 2.24) is 0 Å². The second-order valence-corrected chi connectivity index (χ2v) is 2.79. The molecule has 64 valence electrons. The first-order chi connectivity index (χ1) is 5.65. The van der Waals surface area contributed by atoms with Crippen molar-refractivity contribution in [1.29, 1.82) is 0 Å². The van der Waals surface area contributed by atoms with Crippen LogP contribution in [0.3, 0.4) is 0 Å². The second kappa shape index (κ2) is 3.56. The monoisotopic (exact) mass is 186 g/mol. The fourth-order valence-electron chi connectivity index (χ4n) is 0.966. The first-order valence-electron chi connectivity index (χ1n) is 3.46. The molecule has 4 N–H and O–H groups in total. The minimum absolute atomic E-state index is 0.234. The lowest BCUT2D eigenvalue weighted by molar-refractivity contribution is -0.386. The van der Waals surface area contributed by atoms with Gasteiger partial charge in [0, 0.05) is 10.6 Å². The molecule has 0 bridgehead atoms. The van der Waals surface area contributed by atoms with Gasteiger partial charge in [-0.05, 0) is 12.1 Å². The van der Waals surface area contributed by atoms with Crippen LogP contribution in [0.5, 0.6) is 0 Å². The van der Waals surface area contributed by atoms with Gasteiger partial charge in [0.2, 0.25) is 0 Å². The van der Waals surface area contributed by atoms with Gasteiger partial charge in [-0.2, -0.15) is 0 Å². The van der Waals surface area contributed by atoms with Crippen LogP contribution in [-0.4, -0.2) is 11.1 Å². The molecule has 0 aromatic heterocycles. The Morgan fingerprint density at radius 1 is 1.58 bits per heavy atom. The van der Waals surface area contributed by atoms with Gasteiger partial charge in [0.1, 0.15) is 6.54 Å². The topological polar surface area (TPSA) is 64.9 Å². The van der Waals surface area contributed by atoms with E-state index in [-0.39, 0.29) is 5.56 Å². The number of benzene rings is 1. The average Bonchev–Trinajstić information content (AvgIpc) is 2.04. The molecule has 3 nitrogen and oxygen atoms in total. The summed E-state index contributed by atoms with van der Waals surface area (Å²) in [5.74, 6) is -0.962. The molecular formula is C8H9ClNO2+. The Kier molecular flexibility index (Phi) is 2.68. The number of halogens is 1. The van der Waals surface area contributed by atoms with Crippen molar-refractivity contribution < 1.29 is 15.6 Å². The van der Waals surface area contributed by atoms with E-state index in [1.165, 1.54) is 6.07 Å². The van der Waals surface area contributed by atoms with Crippen molar-refractivity contribution in [3.63, 3.8) is 0 Å². The number of carboxylic acids is 1. The van der Waals surface area contributed by atoms with Gasteiger partial charge in [-0.25, -0.2) is 4.79 Å². The maximum absolute atomic E-state index is 10.6. The molecule has 0 aliphatic heterocycles. The Morgan fingerprint density at radius 3 is 2.75 bits per heavy atom. The summed E-state index contributed by atoms with van der Waals surface area (Å²) >= 11 is 5.63. The van der Waals surface area contributed by atoms with Crippen LogP contribution in [0.1, 0.15) is 15.9 Å². The summed E-state index contributed by atoms with van der Waals surface area (Å²) in [6, 6.07) is 4.78. The highest BCUT2D eigenvalue weighted by Gasteiger charge is 2.09. The van der Waals surface area contributed by atoms with Crippen molar-refractivity contribution in [2.45, 2.75) is 6.54 Å². The van der Waals surface area contributed by atoms with Crippen molar-refractivity contribution in [3.8, 4) is 0 Å². The molecule has 0 spiro atoms. The molecule has 0 aliphatic rings. The molecule has 0 radical (unpaired) electrons. The molecule has 0 heterocycles. The van der Waals surface area contributed by atoms with Crippen LogP contribution in [0, 0.1) is 0 Å². The molecule has 0 aliphatic carbocycles. The highest BCUT2D eigenvalue weighted by Crippen LogP contribution is 2.15. The van der Waals surface area contributed by atoms with E-state index >= 15 is 0 Å². The molecule has 0 amide bonds. The summed E-state index contributed by atoms with van der Waals surface area (Å²) in [6.07, 6.45) is 0. The van der Waals surface area contributed by atoms with E-state index in [0.29, 0.717) is 17.1 Å². The Hall–Kier alpha value is -1.06. The van der Waals surface area contributed by atoms with E-state index in [4.69, 9.17) is 16.7 Å². The Morgan fingerprint density at radius 2 is 2.25 bits per heavy atom. The maximum Gasteiger partial charge on any atom is 0.336 e. The van der Waals surface area contributed by atoms with Gasteiger partial charge in [-0.3, -0.25) is 0 Å². The summed E-state index contributed by atoms with van der Waals surface area (Å²) < 4.78 is 0. The normalized spacial score (nSPS) is 9.83. The highest BCUT2D eigenvalue weighted by atomic mass is 35.5. The van der Waals surface area contributed by atoms with Gasteiger partial charge in [0.15, 0.2) is 0 Å². The van der Waals surface area contributed by atoms with Gasteiger partial charge in [0.05, 0.1) is 5.56 Å². The molecule has 0 saturated heterocycles. The summed E-state index contributed by atoms with van der Waals surface area (Å²) in [5.41, 5.74) is 4.56. The molecule has 1 aromatic carbocycles. The summed E-state index contributed by atoms with van der Waals surface area (Å²) in [4.78, 5) is 10.6. The van der Waals surface area contributed by atoms with E-state index in [1.54, 1.807) is 12.1 Å². The molecular weight excluding hydrogens is 178 g/mol. The number of quaternary nitrogens is 1. The molecule has 0 fully saturated rings. The largest absolute Gasteiger partial charge is 0.478 e. The minimum Gasteiger partial charge on any atom is -0.478 e. The van der Waals surface area contributed by atoms with Gasteiger partial charge in [-0.1, -0.05) is 17.7 Å². The second-order valence-electron chi connectivity index (χ2n) is 2.36. The van der Waals surface area contributed by atoms with Crippen LogP contribution in [0.2, 0.25) is 5.02 Å². The fourth-order valence-corrected chi connectivity index (χ4v) is 1.14. The third-order valence-electron chi connectivity index (χ3n) is 1.57. The number of hydrogen-bond acceptors (Lipinski definition) is 1. The number of rotatable bonds is 2. The first-order valence-corrected chi connectivity index (χ1v) is 3.84. The molecule has 1 aromatic rings. The lowest BCUT2D eigenvalue weighted by Crippen LogP contribution is -2.48. The van der Waals surface area contributed by atoms with Crippen LogP contribution < -0.4 is 5.73 Å². The zero-order valence-corrected chi connectivity index (χ0v) is 7.14. The third kappa shape index (κ3) is 1.75. The van der Waals surface area contributed by atoms with E-state index in [2.05, 4.69) is 5.73 Å². The smallest absolute Gasteiger partial charge is 0.336 e. The van der Waals surface area contributed by atoms with E-state index < -0.39 is 5.97 Å². The predicted molar refractivity (Wildman–Crippen MR) is 45.0 cm³/mol. The summed E-state index contributed by atoms with van der Waals surface area (Å²) in [5, 5.41) is 9.17. The van der Waals surface area contributed by atoms with Crippen LogP contribution in [0.15, 0.2) is 18.2 Å². The van der Waals surface area contributed by atoms with Crippen molar-refractivity contribution >= 4 is 17.6 Å². The standard InChI is InChI=1S/C8H8ClNO2/c9-6-2-1-5(4-10)7(3-6)8(11)12/h1-3H,4,10H2,(H,11,12)/p+1. The van der Waals surface area contributed by atoms with Crippen molar-refractivity contribution in [3.05, 3.63) is 34.3 Å². The third-order valence-corrected chi connectivity index (χ3v) is 1.81. The van der Waals surface area contributed by atoms with E-state index in [1.807, 2.05) is 0 Å². The lowest BCUT2D eigenvalue weighted by Gasteiger charge is -2.00. The van der Waals surface area contributed by atoms with Gasteiger partial charge in [-0.15, -0.1) is 0 Å². The van der Waals surface area contributed by atoms with E-state index in [9.17, 15) is 4.79 Å². The van der Waals surface area contributed by atoms with Gasteiger partial charge in [0.25, 0.3) is 0 Å². The fraction of sp³-hybridized carbons (Fsp3) is 0.125.